The van der Waals surface area contributed by atoms with Crippen LogP contribution in [-0.2, 0) is 23.8 Å². The molecule has 0 N–H and O–H groups in total. The van der Waals surface area contributed by atoms with Crippen molar-refractivity contribution < 1.29 is 23.8 Å². The second-order valence-corrected chi connectivity index (χ2v) is 16.4. The predicted octanol–water partition coefficient (Wildman–Crippen LogP) is 12.1. The first kappa shape index (κ1) is 49.8. The molecule has 1 aliphatic heterocycles. The Morgan fingerprint density at radius 1 is 0.648 bits per heavy atom. The molecule has 7 heteroatoms. The van der Waals surface area contributed by atoms with Crippen molar-refractivity contribution in [3.8, 4) is 0 Å². The summed E-state index contributed by atoms with van der Waals surface area (Å²) in [5.41, 5.74) is -0.487. The van der Waals surface area contributed by atoms with Gasteiger partial charge < -0.3 is 14.2 Å². The van der Waals surface area contributed by atoms with E-state index in [9.17, 15) is 9.59 Å². The Morgan fingerprint density at radius 3 is 1.63 bits per heavy atom. The second kappa shape index (κ2) is 35.2. The minimum atomic E-state index is -0.487. The average molecular weight is 757 g/mol. The quantitative estimate of drug-likeness (QED) is 0.157. The van der Waals surface area contributed by atoms with E-state index in [4.69, 9.17) is 14.2 Å². The maximum atomic E-state index is 12.7. The minimum absolute atomic E-state index is 0.0497. The molecule has 0 bridgehead atoms. The summed E-state index contributed by atoms with van der Waals surface area (Å²) in [4.78, 5) is 29.2. The maximum Gasteiger partial charge on any atom is 0.320 e. The summed E-state index contributed by atoms with van der Waals surface area (Å²) in [7, 11) is 6.02. The molecule has 0 amide bonds. The van der Waals surface area contributed by atoms with Crippen LogP contribution in [0.3, 0.4) is 0 Å². The minimum Gasteiger partial charge on any atom is -0.461 e. The fourth-order valence-electron chi connectivity index (χ4n) is 6.76. The normalized spacial score (nSPS) is 24.6. The van der Waals surface area contributed by atoms with Gasteiger partial charge in [0.15, 0.2) is 0 Å². The van der Waals surface area contributed by atoms with E-state index in [2.05, 4.69) is 53.5 Å². The molecule has 1 atom stereocenters. The van der Waals surface area contributed by atoms with E-state index in [0.717, 1.165) is 110 Å². The van der Waals surface area contributed by atoms with Gasteiger partial charge in [-0.1, -0.05) is 100.0 Å². The van der Waals surface area contributed by atoms with Gasteiger partial charge in [0.2, 0.25) is 0 Å². The van der Waals surface area contributed by atoms with Crippen LogP contribution in [0.4, 0.5) is 0 Å². The molecule has 0 aromatic heterocycles. The highest BCUT2D eigenvalue weighted by molar-refractivity contribution is 5.71. The van der Waals surface area contributed by atoms with Crippen molar-refractivity contribution in [1.29, 1.82) is 0 Å². The number of carbonyl (C=O) groups is 2. The Morgan fingerprint density at radius 2 is 1.11 bits per heavy atom. The number of ether oxygens (including phenoxy) is 3. The van der Waals surface area contributed by atoms with Gasteiger partial charge in [-0.05, 0) is 138 Å². The number of rotatable bonds is 5. The fraction of sp³-hybridized carbons (Fsp3) is 0.787. The molecule has 0 aromatic rings. The van der Waals surface area contributed by atoms with Gasteiger partial charge >= 0.3 is 11.9 Å². The van der Waals surface area contributed by atoms with Crippen molar-refractivity contribution >= 4 is 11.9 Å². The first-order valence-electron chi connectivity index (χ1n) is 22.1. The van der Waals surface area contributed by atoms with Crippen molar-refractivity contribution in [3.05, 3.63) is 48.6 Å². The summed E-state index contributed by atoms with van der Waals surface area (Å²) in [5.74, 6) is -0.189. The fourth-order valence-corrected chi connectivity index (χ4v) is 6.76. The lowest BCUT2D eigenvalue weighted by Gasteiger charge is -2.25. The van der Waals surface area contributed by atoms with Gasteiger partial charge in [0, 0.05) is 19.4 Å². The number of hydrogen-bond acceptors (Lipinski definition) is 7. The number of allylic oxidation sites excluding steroid dienone is 8. The van der Waals surface area contributed by atoms with Gasteiger partial charge in [0.25, 0.3) is 0 Å². The molecule has 54 heavy (non-hydrogen) atoms. The summed E-state index contributed by atoms with van der Waals surface area (Å²) < 4.78 is 17.6. The Kier molecular flexibility index (Phi) is 32.5. The number of likely N-dealkylation sites (N-methyl/N-ethyl adjacent to an activating group) is 1. The second-order valence-electron chi connectivity index (χ2n) is 16.4. The number of carbonyl (C=O) groups excluding carboxylic acids is 2. The largest absolute Gasteiger partial charge is 0.461 e. The number of nitrogens with zero attached hydrogens (tertiary/aromatic N) is 2. The van der Waals surface area contributed by atoms with Gasteiger partial charge in [-0.15, -0.1) is 0 Å². The third-order valence-electron chi connectivity index (χ3n) is 9.88. The van der Waals surface area contributed by atoms with Crippen molar-refractivity contribution in [2.75, 3.05) is 47.6 Å². The first-order chi connectivity index (χ1) is 26.2. The molecule has 0 aromatic carbocycles. The van der Waals surface area contributed by atoms with Crippen molar-refractivity contribution in [2.24, 2.45) is 0 Å². The van der Waals surface area contributed by atoms with E-state index in [1.165, 1.54) is 64.2 Å². The van der Waals surface area contributed by atoms with Crippen LogP contribution in [0, 0.1) is 0 Å². The lowest BCUT2D eigenvalue weighted by atomic mass is 10.0. The van der Waals surface area contributed by atoms with Gasteiger partial charge in [0.05, 0.1) is 19.8 Å². The standard InChI is InChI=1S/C47H84N2O5/c1-47(2)39-41-52-40-35-31-27-23-19-15-11-7-9-13-17-21-25-29-33-37-44(53-46(51)42-49(5)43-48(3)4)36-32-28-24-20-16-12-8-6-10-14-18-22-26-30-34-38-45(50)54-47/h6-7,10-11,18-19,22-23,44H,8-9,12-17,20-21,24-43H2,1-5H3/b10-6-,11-7-,22-18-,23-19-. The summed E-state index contributed by atoms with van der Waals surface area (Å²) in [6, 6.07) is 0. The topological polar surface area (TPSA) is 68.3 Å². The summed E-state index contributed by atoms with van der Waals surface area (Å²) in [6.07, 6.45) is 46.8. The number of hydrogen-bond donors (Lipinski definition) is 0. The first-order valence-corrected chi connectivity index (χ1v) is 22.1. The molecule has 312 valence electrons. The zero-order chi connectivity index (χ0) is 39.4. The van der Waals surface area contributed by atoms with Crippen molar-refractivity contribution in [3.63, 3.8) is 0 Å². The van der Waals surface area contributed by atoms with Gasteiger partial charge in [-0.25, -0.2) is 0 Å². The van der Waals surface area contributed by atoms with Crippen molar-refractivity contribution in [1.82, 2.24) is 9.80 Å². The Balaban J connectivity index is 2.49. The molecule has 0 aliphatic carbocycles. The SMILES string of the molecule is CN(C)CN(C)CC(=O)OC1CCCCCCCC/C=C\C/C=C\CCCCOCCC(C)(C)OC(=O)CCCC/C=C\C/C=C\CCCCCCCC1. The van der Waals surface area contributed by atoms with Gasteiger partial charge in [0.1, 0.15) is 11.7 Å². The molecular formula is C47H84N2O5. The van der Waals surface area contributed by atoms with E-state index in [1.807, 2.05) is 39.9 Å². The average Bonchev–Trinajstić information content (AvgIpc) is 3.10. The van der Waals surface area contributed by atoms with Crippen LogP contribution in [0.25, 0.3) is 0 Å². The van der Waals surface area contributed by atoms with E-state index < -0.39 is 5.60 Å². The molecule has 0 spiro atoms. The molecule has 1 heterocycles. The molecule has 1 unspecified atom stereocenters. The zero-order valence-electron chi connectivity index (χ0n) is 35.8. The maximum absolute atomic E-state index is 12.7. The predicted molar refractivity (Wildman–Crippen MR) is 229 cm³/mol. The summed E-state index contributed by atoms with van der Waals surface area (Å²) >= 11 is 0. The lowest BCUT2D eigenvalue weighted by molar-refractivity contribution is -0.158. The van der Waals surface area contributed by atoms with Crippen molar-refractivity contribution in [2.45, 2.75) is 192 Å². The Hall–Kier alpha value is -2.22. The molecule has 1 rings (SSSR count). The van der Waals surface area contributed by atoms with Crippen LogP contribution in [-0.4, -0.2) is 81.0 Å². The van der Waals surface area contributed by atoms with E-state index >= 15 is 0 Å². The van der Waals surface area contributed by atoms with Crippen LogP contribution in [0.15, 0.2) is 48.6 Å². The highest BCUT2D eigenvalue weighted by atomic mass is 16.6. The number of cyclic esters (lactones) is 1. The summed E-state index contributed by atoms with van der Waals surface area (Å²) in [5, 5.41) is 0. The molecule has 7 nitrogen and oxygen atoms in total. The Bertz CT molecular complexity index is 1020. The Labute approximate surface area is 333 Å². The van der Waals surface area contributed by atoms with Gasteiger partial charge in [-0.3, -0.25) is 19.4 Å². The summed E-state index contributed by atoms with van der Waals surface area (Å²) in [6.45, 7) is 6.44. The molecule has 0 radical (unpaired) electrons. The molecule has 0 fully saturated rings. The van der Waals surface area contributed by atoms with Crippen LogP contribution in [0.1, 0.15) is 181 Å². The van der Waals surface area contributed by atoms with Crippen LogP contribution in [0.5, 0.6) is 0 Å². The molecule has 0 saturated heterocycles. The van der Waals surface area contributed by atoms with Crippen LogP contribution < -0.4 is 0 Å². The van der Waals surface area contributed by atoms with E-state index in [0.29, 0.717) is 19.6 Å². The highest BCUT2D eigenvalue weighted by Crippen LogP contribution is 2.19. The smallest absolute Gasteiger partial charge is 0.320 e. The van der Waals surface area contributed by atoms with E-state index in [-0.39, 0.29) is 18.0 Å². The zero-order valence-corrected chi connectivity index (χ0v) is 35.8. The third-order valence-corrected chi connectivity index (χ3v) is 9.88. The van der Waals surface area contributed by atoms with E-state index in [1.54, 1.807) is 0 Å². The molecular weight excluding hydrogens is 673 g/mol. The highest BCUT2D eigenvalue weighted by Gasteiger charge is 2.22. The van der Waals surface area contributed by atoms with Gasteiger partial charge in [-0.2, -0.15) is 0 Å². The molecule has 0 saturated carbocycles. The monoisotopic (exact) mass is 757 g/mol. The lowest BCUT2D eigenvalue weighted by Crippen LogP contribution is -2.36. The van der Waals surface area contributed by atoms with Crippen LogP contribution >= 0.6 is 0 Å². The van der Waals surface area contributed by atoms with Crippen LogP contribution in [0.2, 0.25) is 0 Å². The number of esters is 2. The third kappa shape index (κ3) is 34.3. The molecule has 1 aliphatic rings.